The molecule has 0 bridgehead atoms. The fraction of sp³-hybridized carbons (Fsp3) is 0.308. The number of nitrogens with one attached hydrogen (secondary N) is 1. The minimum Gasteiger partial charge on any atom is -0.495 e. The summed E-state index contributed by atoms with van der Waals surface area (Å²) in [5.41, 5.74) is 3.99. The number of hydrogen-bond donors (Lipinski definition) is 1. The van der Waals surface area contributed by atoms with Gasteiger partial charge in [0.1, 0.15) is 18.1 Å². The zero-order chi connectivity index (χ0) is 25.2. The van der Waals surface area contributed by atoms with Gasteiger partial charge >= 0.3 is 5.69 Å². The normalized spacial score (nSPS) is 13.8. The lowest BCUT2D eigenvalue weighted by atomic mass is 10.1. The molecule has 186 valence electrons. The van der Waals surface area contributed by atoms with Crippen LogP contribution in [-0.4, -0.2) is 58.4 Å². The molecule has 2 aromatic heterocycles. The monoisotopic (exact) mass is 487 g/mol. The Morgan fingerprint density at radius 1 is 1.00 bits per heavy atom. The van der Waals surface area contributed by atoms with Gasteiger partial charge in [-0.3, -0.25) is 4.79 Å². The number of aryl methyl sites for hydroxylation is 1. The smallest absolute Gasteiger partial charge is 0.352 e. The fourth-order valence-electron chi connectivity index (χ4n) is 4.50. The van der Waals surface area contributed by atoms with Crippen molar-refractivity contribution in [2.75, 3.05) is 48.4 Å². The number of piperazine rings is 1. The largest absolute Gasteiger partial charge is 0.495 e. The number of ether oxygens (including phenoxy) is 1. The highest BCUT2D eigenvalue weighted by Crippen LogP contribution is 2.25. The van der Waals surface area contributed by atoms with E-state index in [4.69, 9.17) is 4.74 Å². The van der Waals surface area contributed by atoms with Gasteiger partial charge in [-0.05, 0) is 49.2 Å². The molecule has 1 aliphatic rings. The predicted molar refractivity (Wildman–Crippen MR) is 139 cm³/mol. The Labute approximate surface area is 208 Å². The summed E-state index contributed by atoms with van der Waals surface area (Å²) in [6, 6.07) is 15.3. The third-order valence-electron chi connectivity index (χ3n) is 6.63. The van der Waals surface area contributed by atoms with Crippen LogP contribution in [-0.2, 0) is 11.3 Å². The molecule has 1 fully saturated rings. The Balaban J connectivity index is 1.28. The molecule has 0 aliphatic carbocycles. The fourth-order valence-corrected chi connectivity index (χ4v) is 4.50. The highest BCUT2D eigenvalue weighted by molar-refractivity contribution is 5.92. The van der Waals surface area contributed by atoms with Gasteiger partial charge in [0.15, 0.2) is 0 Å². The van der Waals surface area contributed by atoms with E-state index in [0.29, 0.717) is 11.4 Å². The molecule has 0 saturated carbocycles. The van der Waals surface area contributed by atoms with Gasteiger partial charge in [0, 0.05) is 38.1 Å². The highest BCUT2D eigenvalue weighted by atomic mass is 16.5. The number of hydrogen-bond acceptors (Lipinski definition) is 7. The number of nitrogens with zero attached hydrogens (tertiary/aromatic N) is 6. The van der Waals surface area contributed by atoms with E-state index < -0.39 is 5.69 Å². The summed E-state index contributed by atoms with van der Waals surface area (Å²) in [7, 11) is 1.53. The van der Waals surface area contributed by atoms with Crippen molar-refractivity contribution in [1.82, 2.24) is 19.2 Å². The third-order valence-corrected chi connectivity index (χ3v) is 6.63. The molecule has 0 atom stereocenters. The summed E-state index contributed by atoms with van der Waals surface area (Å²) in [5, 5.41) is 7.07. The van der Waals surface area contributed by atoms with Crippen LogP contribution >= 0.6 is 0 Å². The summed E-state index contributed by atoms with van der Waals surface area (Å²) in [5.74, 6) is 1.18. The van der Waals surface area contributed by atoms with Crippen molar-refractivity contribution in [3.63, 3.8) is 0 Å². The summed E-state index contributed by atoms with van der Waals surface area (Å²) in [6.07, 6.45) is 1.67. The van der Waals surface area contributed by atoms with Gasteiger partial charge in [0.2, 0.25) is 5.91 Å². The van der Waals surface area contributed by atoms with Crippen molar-refractivity contribution < 1.29 is 9.53 Å². The molecule has 1 aliphatic heterocycles. The second kappa shape index (κ2) is 9.73. The molecule has 4 aromatic rings. The van der Waals surface area contributed by atoms with Crippen molar-refractivity contribution in [2.24, 2.45) is 0 Å². The molecule has 0 radical (unpaired) electrons. The van der Waals surface area contributed by atoms with E-state index in [2.05, 4.69) is 57.2 Å². The Kier molecular flexibility index (Phi) is 6.32. The summed E-state index contributed by atoms with van der Waals surface area (Å²) >= 11 is 0. The first kappa shape index (κ1) is 23.4. The van der Waals surface area contributed by atoms with Crippen LogP contribution in [0.1, 0.15) is 11.1 Å². The van der Waals surface area contributed by atoms with Gasteiger partial charge in [-0.2, -0.15) is 4.98 Å². The van der Waals surface area contributed by atoms with Gasteiger partial charge in [0.05, 0.1) is 12.8 Å². The van der Waals surface area contributed by atoms with Crippen LogP contribution in [0.5, 0.6) is 5.75 Å². The molecule has 10 nitrogen and oxygen atoms in total. The molecule has 0 unspecified atom stereocenters. The number of rotatable bonds is 6. The first-order chi connectivity index (χ1) is 17.4. The third kappa shape index (κ3) is 4.49. The van der Waals surface area contributed by atoms with Crippen LogP contribution < -0.4 is 25.5 Å². The Morgan fingerprint density at radius 3 is 2.53 bits per heavy atom. The maximum atomic E-state index is 12.8. The molecule has 36 heavy (non-hydrogen) atoms. The summed E-state index contributed by atoms with van der Waals surface area (Å²) in [4.78, 5) is 34.6. The molecule has 0 spiro atoms. The first-order valence-corrected chi connectivity index (χ1v) is 11.9. The van der Waals surface area contributed by atoms with Crippen LogP contribution in [0.3, 0.4) is 0 Å². The van der Waals surface area contributed by atoms with Crippen LogP contribution in [0, 0.1) is 13.8 Å². The lowest BCUT2D eigenvalue weighted by Crippen LogP contribution is -2.47. The van der Waals surface area contributed by atoms with E-state index >= 15 is 0 Å². The van der Waals surface area contributed by atoms with Crippen molar-refractivity contribution in [1.29, 1.82) is 0 Å². The predicted octanol–water partition coefficient (Wildman–Crippen LogP) is 2.48. The Morgan fingerprint density at radius 2 is 1.75 bits per heavy atom. The molecule has 1 saturated heterocycles. The summed E-state index contributed by atoms with van der Waals surface area (Å²) < 4.78 is 7.73. The number of aromatic nitrogens is 4. The molecule has 1 amide bonds. The highest BCUT2D eigenvalue weighted by Gasteiger charge is 2.21. The van der Waals surface area contributed by atoms with Crippen molar-refractivity contribution >= 4 is 28.9 Å². The standard InChI is InChI=1S/C26H29N7O3/c1-18-7-6-9-21(19(18)2)30-13-15-31(16-14-30)23-11-12-32-25(28-23)29-33(26(32)35)17-24(34)27-20-8-4-5-10-22(20)36-3/h4-12H,13-17H2,1-3H3,(H,27,34). The molecule has 3 heterocycles. The van der Waals surface area contributed by atoms with Crippen molar-refractivity contribution in [3.05, 3.63) is 76.3 Å². The zero-order valence-electron chi connectivity index (χ0n) is 20.6. The Bertz CT molecular complexity index is 1470. The Hall–Kier alpha value is -4.34. The van der Waals surface area contributed by atoms with E-state index in [-0.39, 0.29) is 18.2 Å². The lowest BCUT2D eigenvalue weighted by Gasteiger charge is -2.37. The number of benzene rings is 2. The number of para-hydroxylation sites is 2. The summed E-state index contributed by atoms with van der Waals surface area (Å²) in [6.45, 7) is 7.44. The average Bonchev–Trinajstić information content (AvgIpc) is 3.20. The quantitative estimate of drug-likeness (QED) is 0.446. The van der Waals surface area contributed by atoms with Gasteiger partial charge in [-0.1, -0.05) is 24.3 Å². The van der Waals surface area contributed by atoms with Gasteiger partial charge in [0.25, 0.3) is 5.78 Å². The van der Waals surface area contributed by atoms with Crippen LogP contribution in [0.15, 0.2) is 59.5 Å². The number of amides is 1. The molecule has 5 rings (SSSR count). The number of carbonyl (C=O) groups is 1. The van der Waals surface area contributed by atoms with Crippen molar-refractivity contribution in [3.8, 4) is 5.75 Å². The number of anilines is 3. The lowest BCUT2D eigenvalue weighted by molar-refractivity contribution is -0.117. The number of fused-ring (bicyclic) bond motifs is 1. The SMILES string of the molecule is COc1ccccc1NC(=O)Cn1nc2nc(N3CCN(c4cccc(C)c4C)CC3)ccn2c1=O. The molecule has 10 heteroatoms. The molecular formula is C26H29N7O3. The zero-order valence-corrected chi connectivity index (χ0v) is 20.6. The van der Waals surface area contributed by atoms with Gasteiger partial charge < -0.3 is 19.9 Å². The average molecular weight is 488 g/mol. The topological polar surface area (TPSA) is 97.0 Å². The molecule has 1 N–H and O–H groups in total. The van der Waals surface area contributed by atoms with Gasteiger partial charge in [-0.25, -0.2) is 13.9 Å². The second-order valence-corrected chi connectivity index (χ2v) is 8.84. The number of methoxy groups -OCH3 is 1. The van der Waals surface area contributed by atoms with E-state index in [1.807, 2.05) is 12.1 Å². The maximum absolute atomic E-state index is 12.8. The molecular weight excluding hydrogens is 458 g/mol. The van der Waals surface area contributed by atoms with Gasteiger partial charge in [-0.15, -0.1) is 5.10 Å². The van der Waals surface area contributed by atoms with Crippen LogP contribution in [0.2, 0.25) is 0 Å². The van der Waals surface area contributed by atoms with E-state index in [9.17, 15) is 9.59 Å². The minimum absolute atomic E-state index is 0.232. The minimum atomic E-state index is -0.418. The van der Waals surface area contributed by atoms with Crippen molar-refractivity contribution in [2.45, 2.75) is 20.4 Å². The maximum Gasteiger partial charge on any atom is 0.352 e. The first-order valence-electron chi connectivity index (χ1n) is 11.9. The van der Waals surface area contributed by atoms with E-state index in [1.54, 1.807) is 24.4 Å². The van der Waals surface area contributed by atoms with E-state index in [1.165, 1.54) is 28.3 Å². The molecule has 2 aromatic carbocycles. The van der Waals surface area contributed by atoms with Crippen LogP contribution in [0.4, 0.5) is 17.2 Å². The second-order valence-electron chi connectivity index (χ2n) is 8.84. The van der Waals surface area contributed by atoms with Crippen LogP contribution in [0.25, 0.3) is 5.78 Å². The number of carbonyl (C=O) groups excluding carboxylic acids is 1. The van der Waals surface area contributed by atoms with E-state index in [0.717, 1.165) is 36.7 Å².